The van der Waals surface area contributed by atoms with Crippen molar-refractivity contribution in [1.29, 1.82) is 0 Å². The molecule has 1 rings (SSSR count). The molecule has 0 spiro atoms. The van der Waals surface area contributed by atoms with Crippen LogP contribution in [0.2, 0.25) is 0 Å². The van der Waals surface area contributed by atoms with Gasteiger partial charge in [0.15, 0.2) is 0 Å². The van der Waals surface area contributed by atoms with E-state index in [0.717, 1.165) is 5.56 Å². The quantitative estimate of drug-likeness (QED) is 0.426. The van der Waals surface area contributed by atoms with Crippen LogP contribution in [-0.4, -0.2) is 13.1 Å². The number of benzene rings is 1. The Kier molecular flexibility index (Phi) is 3.19. The second kappa shape index (κ2) is 4.18. The van der Waals surface area contributed by atoms with E-state index in [-0.39, 0.29) is 12.4 Å². The number of nitrogen functional groups attached to an aromatic ring is 1. The van der Waals surface area contributed by atoms with Crippen molar-refractivity contribution in [2.75, 3.05) is 12.8 Å². The Bertz CT molecular complexity index is 325. The lowest BCUT2D eigenvalue weighted by Gasteiger charge is -2.02. The number of methoxy groups -OCH3 is 1. The number of thiol groups is 1. The molecule has 0 amide bonds. The highest BCUT2D eigenvalue weighted by Crippen LogP contribution is 2.18. The molecule has 3 nitrogen and oxygen atoms in total. The highest BCUT2D eigenvalue weighted by atomic mass is 32.1. The van der Waals surface area contributed by atoms with E-state index in [1.165, 1.54) is 7.11 Å². The summed E-state index contributed by atoms with van der Waals surface area (Å²) in [5.74, 6) is -0.266. The molecule has 2 N–H and O–H groups in total. The van der Waals surface area contributed by atoms with Crippen LogP contribution in [0, 0.1) is 0 Å². The van der Waals surface area contributed by atoms with Crippen LogP contribution in [0.3, 0.4) is 0 Å². The molecule has 0 fully saturated rings. The zero-order chi connectivity index (χ0) is 9.84. The summed E-state index contributed by atoms with van der Waals surface area (Å²) >= 11 is 4.14. The molecule has 0 aliphatic heterocycles. The van der Waals surface area contributed by atoms with Crippen LogP contribution >= 0.6 is 12.6 Å². The van der Waals surface area contributed by atoms with Crippen molar-refractivity contribution < 1.29 is 9.53 Å². The SMILES string of the molecule is COC(=O)Cc1ccc(N)c(S)c1. The average Bonchev–Trinajstić information content (AvgIpc) is 2.11. The molecule has 0 aromatic heterocycles. The number of carbonyl (C=O) groups excluding carboxylic acids is 1. The first kappa shape index (κ1) is 9.92. The van der Waals surface area contributed by atoms with Crippen molar-refractivity contribution in [2.24, 2.45) is 0 Å². The number of carbonyl (C=O) groups is 1. The standard InChI is InChI=1S/C9H11NO2S/c1-12-9(11)5-6-2-3-7(10)8(13)4-6/h2-4,13H,5,10H2,1H3. The van der Waals surface area contributed by atoms with Gasteiger partial charge in [0, 0.05) is 10.6 Å². The van der Waals surface area contributed by atoms with Gasteiger partial charge in [-0.3, -0.25) is 4.79 Å². The van der Waals surface area contributed by atoms with Crippen molar-refractivity contribution in [1.82, 2.24) is 0 Å². The van der Waals surface area contributed by atoms with Gasteiger partial charge in [-0.25, -0.2) is 0 Å². The van der Waals surface area contributed by atoms with Crippen LogP contribution in [0.25, 0.3) is 0 Å². The molecule has 70 valence electrons. The molecular weight excluding hydrogens is 186 g/mol. The molecule has 1 aromatic carbocycles. The van der Waals surface area contributed by atoms with E-state index in [2.05, 4.69) is 17.4 Å². The number of anilines is 1. The first-order valence-electron chi connectivity index (χ1n) is 3.77. The smallest absolute Gasteiger partial charge is 0.309 e. The molecule has 0 radical (unpaired) electrons. The van der Waals surface area contributed by atoms with Crippen molar-refractivity contribution >= 4 is 24.3 Å². The Balaban J connectivity index is 2.79. The molecule has 0 bridgehead atoms. The molecule has 0 unspecified atom stereocenters. The van der Waals surface area contributed by atoms with E-state index in [1.54, 1.807) is 18.2 Å². The van der Waals surface area contributed by atoms with E-state index in [1.807, 2.05) is 0 Å². The summed E-state index contributed by atoms with van der Waals surface area (Å²) in [6.07, 6.45) is 0.254. The Labute approximate surface area is 82.3 Å². The maximum Gasteiger partial charge on any atom is 0.309 e. The number of nitrogens with two attached hydrogens (primary N) is 1. The molecule has 4 heteroatoms. The largest absolute Gasteiger partial charge is 0.469 e. The van der Waals surface area contributed by atoms with Crippen molar-refractivity contribution in [3.8, 4) is 0 Å². The summed E-state index contributed by atoms with van der Waals surface area (Å²) in [5.41, 5.74) is 7.02. The summed E-state index contributed by atoms with van der Waals surface area (Å²) < 4.78 is 4.53. The number of rotatable bonds is 2. The summed E-state index contributed by atoms with van der Waals surface area (Å²) in [7, 11) is 1.36. The van der Waals surface area contributed by atoms with Crippen LogP contribution in [0.1, 0.15) is 5.56 Å². The number of hydrogen-bond donors (Lipinski definition) is 2. The Morgan fingerprint density at radius 1 is 1.62 bits per heavy atom. The van der Waals surface area contributed by atoms with Gasteiger partial charge in [-0.1, -0.05) is 6.07 Å². The van der Waals surface area contributed by atoms with Crippen molar-refractivity contribution in [3.05, 3.63) is 23.8 Å². The third-order valence-electron chi connectivity index (χ3n) is 1.67. The van der Waals surface area contributed by atoms with Crippen LogP contribution in [0.5, 0.6) is 0 Å². The van der Waals surface area contributed by atoms with Gasteiger partial charge in [0.1, 0.15) is 0 Å². The van der Waals surface area contributed by atoms with Gasteiger partial charge in [0.25, 0.3) is 0 Å². The predicted octanol–water partition coefficient (Wildman–Crippen LogP) is 1.27. The van der Waals surface area contributed by atoms with E-state index >= 15 is 0 Å². The Hall–Kier alpha value is -1.16. The summed E-state index contributed by atoms with van der Waals surface area (Å²) in [6.45, 7) is 0. The third kappa shape index (κ3) is 2.66. The van der Waals surface area contributed by atoms with Gasteiger partial charge in [0.05, 0.1) is 13.5 Å². The summed E-state index contributed by atoms with van der Waals surface area (Å²) in [5, 5.41) is 0. The van der Waals surface area contributed by atoms with E-state index in [4.69, 9.17) is 5.73 Å². The monoisotopic (exact) mass is 197 g/mol. The van der Waals surface area contributed by atoms with Crippen LogP contribution in [0.4, 0.5) is 5.69 Å². The van der Waals surface area contributed by atoms with Gasteiger partial charge >= 0.3 is 5.97 Å². The normalized spacial score (nSPS) is 9.69. The van der Waals surface area contributed by atoms with E-state index < -0.39 is 0 Å². The molecular formula is C9H11NO2S. The summed E-state index contributed by atoms with van der Waals surface area (Å²) in [4.78, 5) is 11.6. The van der Waals surface area contributed by atoms with Gasteiger partial charge in [0.2, 0.25) is 0 Å². The lowest BCUT2D eigenvalue weighted by Crippen LogP contribution is -2.04. The third-order valence-corrected chi connectivity index (χ3v) is 2.06. The lowest BCUT2D eigenvalue weighted by molar-refractivity contribution is -0.139. The maximum atomic E-state index is 10.9. The first-order valence-corrected chi connectivity index (χ1v) is 4.22. The number of hydrogen-bond acceptors (Lipinski definition) is 4. The summed E-state index contributed by atoms with van der Waals surface area (Å²) in [6, 6.07) is 5.27. The molecule has 0 heterocycles. The van der Waals surface area contributed by atoms with Crippen molar-refractivity contribution in [2.45, 2.75) is 11.3 Å². The lowest BCUT2D eigenvalue weighted by atomic mass is 10.1. The molecule has 0 saturated heterocycles. The van der Waals surface area contributed by atoms with Gasteiger partial charge in [-0.05, 0) is 17.7 Å². The maximum absolute atomic E-state index is 10.9. The minimum absolute atomic E-state index is 0.254. The molecule has 0 atom stereocenters. The fourth-order valence-electron chi connectivity index (χ4n) is 0.938. The van der Waals surface area contributed by atoms with Gasteiger partial charge in [-0.2, -0.15) is 0 Å². The number of ether oxygens (including phenoxy) is 1. The fraction of sp³-hybridized carbons (Fsp3) is 0.222. The first-order chi connectivity index (χ1) is 6.13. The molecule has 1 aromatic rings. The molecule has 0 saturated carbocycles. The van der Waals surface area contributed by atoms with E-state index in [9.17, 15) is 4.79 Å². The predicted molar refractivity (Wildman–Crippen MR) is 53.8 cm³/mol. The van der Waals surface area contributed by atoms with Gasteiger partial charge < -0.3 is 10.5 Å². The minimum Gasteiger partial charge on any atom is -0.469 e. The molecule has 0 aliphatic carbocycles. The minimum atomic E-state index is -0.266. The van der Waals surface area contributed by atoms with Crippen molar-refractivity contribution in [3.63, 3.8) is 0 Å². The average molecular weight is 197 g/mol. The Morgan fingerprint density at radius 3 is 2.85 bits per heavy atom. The Morgan fingerprint density at radius 2 is 2.31 bits per heavy atom. The second-order valence-corrected chi connectivity index (χ2v) is 3.13. The molecule has 0 aliphatic rings. The fourth-order valence-corrected chi connectivity index (χ4v) is 1.18. The molecule has 13 heavy (non-hydrogen) atoms. The zero-order valence-electron chi connectivity index (χ0n) is 7.28. The van der Waals surface area contributed by atoms with Gasteiger partial charge in [-0.15, -0.1) is 12.6 Å². The second-order valence-electron chi connectivity index (χ2n) is 2.65. The highest BCUT2D eigenvalue weighted by molar-refractivity contribution is 7.80. The highest BCUT2D eigenvalue weighted by Gasteiger charge is 2.03. The van der Waals surface area contributed by atoms with Crippen LogP contribution < -0.4 is 5.73 Å². The topological polar surface area (TPSA) is 52.3 Å². The zero-order valence-corrected chi connectivity index (χ0v) is 8.17. The van der Waals surface area contributed by atoms with E-state index in [0.29, 0.717) is 10.6 Å². The number of esters is 1. The van der Waals surface area contributed by atoms with Crippen LogP contribution in [0.15, 0.2) is 23.1 Å². The van der Waals surface area contributed by atoms with Crippen LogP contribution in [-0.2, 0) is 16.0 Å².